The molecule has 2 N–H and O–H groups in total. The van der Waals surface area contributed by atoms with Gasteiger partial charge in [-0.05, 0) is 69.2 Å². The first-order valence-electron chi connectivity index (χ1n) is 8.76. The average molecular weight is 335 g/mol. The van der Waals surface area contributed by atoms with Crippen molar-refractivity contribution in [3.63, 3.8) is 0 Å². The summed E-state index contributed by atoms with van der Waals surface area (Å²) >= 11 is 0. The number of aryl methyl sites for hydroxylation is 1. The minimum absolute atomic E-state index is 0.318. The largest absolute Gasteiger partial charge is 0.356 e. The Balaban J connectivity index is 1.80. The molecule has 0 amide bonds. The lowest BCUT2D eigenvalue weighted by Gasteiger charge is -2.35. The second kappa shape index (κ2) is 6.10. The molecule has 0 radical (unpaired) electrons. The molecule has 1 aliphatic carbocycles. The lowest BCUT2D eigenvalue weighted by molar-refractivity contribution is -0.0521. The van der Waals surface area contributed by atoms with E-state index in [1.165, 1.54) is 5.56 Å². The van der Waals surface area contributed by atoms with E-state index in [1.54, 1.807) is 0 Å². The molecule has 5 heteroatoms. The lowest BCUT2D eigenvalue weighted by Crippen LogP contribution is -2.38. The van der Waals surface area contributed by atoms with Crippen molar-refractivity contribution < 1.29 is 8.78 Å². The Bertz CT molecular complexity index is 632. The Labute approximate surface area is 142 Å². The summed E-state index contributed by atoms with van der Waals surface area (Å²) in [6.45, 7) is 5.74. The number of hydrogen-bond donors (Lipinski definition) is 1. The quantitative estimate of drug-likeness (QED) is 0.854. The number of rotatable bonds is 6. The molecule has 1 fully saturated rings. The molecule has 0 saturated heterocycles. The fourth-order valence-corrected chi connectivity index (χ4v) is 3.81. The van der Waals surface area contributed by atoms with Gasteiger partial charge in [0.2, 0.25) is 0 Å². The van der Waals surface area contributed by atoms with E-state index in [0.717, 1.165) is 37.7 Å². The molecule has 2 heterocycles. The van der Waals surface area contributed by atoms with Crippen LogP contribution < -0.4 is 10.6 Å². The zero-order valence-corrected chi connectivity index (χ0v) is 14.6. The van der Waals surface area contributed by atoms with E-state index in [0.29, 0.717) is 37.4 Å². The smallest absolute Gasteiger partial charge is 0.251 e. The number of nitrogens with two attached hydrogens (primary N) is 1. The molecule has 0 bridgehead atoms. The van der Waals surface area contributed by atoms with Crippen LogP contribution in [-0.2, 0) is 6.42 Å². The molecule has 1 atom stereocenters. The van der Waals surface area contributed by atoms with E-state index < -0.39 is 11.3 Å². The van der Waals surface area contributed by atoms with E-state index in [9.17, 15) is 8.78 Å². The number of pyridine rings is 1. The highest BCUT2D eigenvalue weighted by Crippen LogP contribution is 2.61. The highest BCUT2D eigenvalue weighted by molar-refractivity contribution is 5.65. The van der Waals surface area contributed by atoms with Crippen molar-refractivity contribution in [1.82, 2.24) is 4.98 Å². The third-order valence-electron chi connectivity index (χ3n) is 5.78. The molecule has 0 unspecified atom stereocenters. The summed E-state index contributed by atoms with van der Waals surface area (Å²) in [4.78, 5) is 6.95. The zero-order chi connectivity index (χ0) is 17.5. The summed E-state index contributed by atoms with van der Waals surface area (Å²) in [6.07, 6.45) is 4.46. The van der Waals surface area contributed by atoms with Gasteiger partial charge in [0.05, 0.1) is 5.69 Å². The van der Waals surface area contributed by atoms with E-state index >= 15 is 0 Å². The van der Waals surface area contributed by atoms with Gasteiger partial charge in [-0.25, -0.2) is 13.8 Å². The van der Waals surface area contributed by atoms with Crippen molar-refractivity contribution in [2.75, 3.05) is 18.5 Å². The summed E-state index contributed by atoms with van der Waals surface area (Å²) in [7, 11) is 2.04. The SMILES string of the molecule is C=C(CC1(C(C)(F)F)CC1)c1ccc2c(n1)N(C)[C@@H](CCN)CC2. The van der Waals surface area contributed by atoms with Gasteiger partial charge in [0.25, 0.3) is 5.92 Å². The molecule has 0 aromatic carbocycles. The first-order chi connectivity index (χ1) is 11.3. The van der Waals surface area contributed by atoms with Crippen LogP contribution in [0.3, 0.4) is 0 Å². The van der Waals surface area contributed by atoms with Crippen LogP contribution in [0.4, 0.5) is 14.6 Å². The van der Waals surface area contributed by atoms with Crippen LogP contribution >= 0.6 is 0 Å². The molecular weight excluding hydrogens is 308 g/mol. The van der Waals surface area contributed by atoms with Crippen molar-refractivity contribution >= 4 is 11.4 Å². The first-order valence-corrected chi connectivity index (χ1v) is 8.76. The van der Waals surface area contributed by atoms with E-state index in [2.05, 4.69) is 17.5 Å². The summed E-state index contributed by atoms with van der Waals surface area (Å²) in [6, 6.07) is 4.40. The van der Waals surface area contributed by atoms with Crippen LogP contribution in [0.15, 0.2) is 18.7 Å². The molecule has 1 saturated carbocycles. The van der Waals surface area contributed by atoms with Crippen molar-refractivity contribution in [3.05, 3.63) is 30.0 Å². The maximum absolute atomic E-state index is 13.8. The molecule has 1 aliphatic heterocycles. The minimum Gasteiger partial charge on any atom is -0.356 e. The van der Waals surface area contributed by atoms with Crippen LogP contribution in [0.25, 0.3) is 5.57 Å². The fourth-order valence-electron chi connectivity index (χ4n) is 3.81. The molecule has 3 nitrogen and oxygen atoms in total. The summed E-state index contributed by atoms with van der Waals surface area (Å²) < 4.78 is 27.7. The number of aromatic nitrogens is 1. The molecule has 1 aromatic rings. The minimum atomic E-state index is -2.66. The standard InChI is InChI=1S/C19H27F2N3/c1-13(12-19(9-10-19)18(2,20)21)16-7-5-14-4-6-15(8-11-22)24(3)17(14)23-16/h5,7,15H,1,4,6,8-12,22H2,2-3H3/t15-/m1/s1. The van der Waals surface area contributed by atoms with E-state index in [4.69, 9.17) is 10.7 Å². The number of allylic oxidation sites excluding steroid dienone is 1. The number of nitrogens with zero attached hydrogens (tertiary/aromatic N) is 2. The fraction of sp³-hybridized carbons (Fsp3) is 0.632. The third kappa shape index (κ3) is 3.06. The predicted molar refractivity (Wildman–Crippen MR) is 94.4 cm³/mol. The Morgan fingerprint density at radius 2 is 2.17 bits per heavy atom. The second-order valence-corrected chi connectivity index (χ2v) is 7.51. The highest BCUT2D eigenvalue weighted by Gasteiger charge is 2.58. The van der Waals surface area contributed by atoms with Crippen LogP contribution in [0.2, 0.25) is 0 Å². The van der Waals surface area contributed by atoms with Gasteiger partial charge in [-0.15, -0.1) is 0 Å². The number of hydrogen-bond acceptors (Lipinski definition) is 3. The first kappa shape index (κ1) is 17.3. The summed E-state index contributed by atoms with van der Waals surface area (Å²) in [5, 5.41) is 0. The monoisotopic (exact) mass is 335 g/mol. The number of alkyl halides is 2. The van der Waals surface area contributed by atoms with Gasteiger partial charge in [-0.3, -0.25) is 0 Å². The van der Waals surface area contributed by atoms with Crippen molar-refractivity contribution in [2.24, 2.45) is 11.1 Å². The van der Waals surface area contributed by atoms with Crippen molar-refractivity contribution in [2.45, 2.75) is 57.4 Å². The Morgan fingerprint density at radius 1 is 1.46 bits per heavy atom. The molecule has 132 valence electrons. The molecule has 3 rings (SSSR count). The summed E-state index contributed by atoms with van der Waals surface area (Å²) in [5.41, 5.74) is 7.46. The maximum atomic E-state index is 13.8. The molecule has 1 aromatic heterocycles. The van der Waals surface area contributed by atoms with Gasteiger partial charge < -0.3 is 10.6 Å². The Morgan fingerprint density at radius 3 is 2.75 bits per heavy atom. The van der Waals surface area contributed by atoms with Crippen LogP contribution in [-0.4, -0.2) is 30.5 Å². The van der Waals surface area contributed by atoms with E-state index in [-0.39, 0.29) is 0 Å². The van der Waals surface area contributed by atoms with Crippen LogP contribution in [0.5, 0.6) is 0 Å². The predicted octanol–water partition coefficient (Wildman–Crippen LogP) is 4.02. The maximum Gasteiger partial charge on any atom is 0.251 e. The van der Waals surface area contributed by atoms with Gasteiger partial charge in [0.15, 0.2) is 0 Å². The van der Waals surface area contributed by atoms with Gasteiger partial charge in [0.1, 0.15) is 5.82 Å². The van der Waals surface area contributed by atoms with Gasteiger partial charge >= 0.3 is 0 Å². The van der Waals surface area contributed by atoms with Gasteiger partial charge in [-0.1, -0.05) is 12.6 Å². The van der Waals surface area contributed by atoms with Crippen LogP contribution in [0.1, 0.15) is 50.3 Å². The van der Waals surface area contributed by atoms with Crippen molar-refractivity contribution in [1.29, 1.82) is 0 Å². The van der Waals surface area contributed by atoms with E-state index in [1.807, 2.05) is 13.1 Å². The van der Waals surface area contributed by atoms with Gasteiger partial charge in [0, 0.05) is 18.5 Å². The molecule has 0 spiro atoms. The van der Waals surface area contributed by atoms with Crippen molar-refractivity contribution in [3.8, 4) is 0 Å². The third-order valence-corrected chi connectivity index (χ3v) is 5.78. The lowest BCUT2D eigenvalue weighted by atomic mass is 9.89. The normalized spacial score (nSPS) is 22.2. The van der Waals surface area contributed by atoms with Crippen LogP contribution in [0, 0.1) is 5.41 Å². The average Bonchev–Trinajstić information content (AvgIpc) is 3.30. The Kier molecular flexibility index (Phi) is 4.41. The Hall–Kier alpha value is -1.49. The number of fused-ring (bicyclic) bond motifs is 1. The molecular formula is C19H27F2N3. The molecule has 2 aliphatic rings. The number of halogens is 2. The highest BCUT2D eigenvalue weighted by atomic mass is 19.3. The zero-order valence-electron chi connectivity index (χ0n) is 14.6. The number of anilines is 1. The summed E-state index contributed by atoms with van der Waals surface area (Å²) in [5.74, 6) is -1.71. The topological polar surface area (TPSA) is 42.2 Å². The van der Waals surface area contributed by atoms with Gasteiger partial charge in [-0.2, -0.15) is 0 Å². The second-order valence-electron chi connectivity index (χ2n) is 7.51. The molecule has 24 heavy (non-hydrogen) atoms.